The number of rotatable bonds is 3. The van der Waals surface area contributed by atoms with Gasteiger partial charge in [0, 0.05) is 31.5 Å². The van der Waals surface area contributed by atoms with E-state index in [1.807, 2.05) is 5.92 Å². The highest BCUT2D eigenvalue weighted by Gasteiger charge is 2.47. The van der Waals surface area contributed by atoms with Crippen LogP contribution in [-0.2, 0) is 0 Å². The molecule has 4 rings (SSSR count). The monoisotopic (exact) mass is 643 g/mol. The van der Waals surface area contributed by atoms with Gasteiger partial charge in [-0.15, -0.1) is 22.3 Å². The summed E-state index contributed by atoms with van der Waals surface area (Å²) < 4.78 is 221. The van der Waals surface area contributed by atoms with Crippen LogP contribution >= 0.6 is 0 Å². The Bertz CT molecular complexity index is 1690. The number of aromatic amines is 1. The number of halogens is 15. The van der Waals surface area contributed by atoms with Crippen LogP contribution in [0.5, 0.6) is 0 Å². The molecule has 0 aliphatic heterocycles. The Morgan fingerprint density at radius 1 is 0.409 bits per heavy atom. The molecule has 0 saturated carbocycles. The first-order valence-electron chi connectivity index (χ1n) is 11.6. The molecule has 230 valence electrons. The van der Waals surface area contributed by atoms with Crippen molar-refractivity contribution >= 4 is 22.5 Å². The lowest BCUT2D eigenvalue weighted by molar-refractivity contribution is -0.396. The minimum absolute atomic E-state index is 0.177. The van der Waals surface area contributed by atoms with Gasteiger partial charge < -0.3 is 0 Å². The molecule has 0 amide bonds. The molecule has 0 bridgehead atoms. The van der Waals surface area contributed by atoms with E-state index in [4.69, 9.17) is 0 Å². The van der Waals surface area contributed by atoms with Gasteiger partial charge in [-0.3, -0.25) is 5.82 Å². The number of aryl methyl sites for hydroxylation is 2. The van der Waals surface area contributed by atoms with Crippen molar-refractivity contribution in [1.29, 1.82) is 0 Å². The van der Waals surface area contributed by atoms with Crippen molar-refractivity contribution < 1.29 is 70.8 Å². The second-order valence-electron chi connectivity index (χ2n) is 9.32. The van der Waals surface area contributed by atoms with E-state index in [1.165, 1.54) is 19.7 Å². The van der Waals surface area contributed by atoms with E-state index >= 15 is 26.3 Å². The Hall–Kier alpha value is -4.62. The van der Waals surface area contributed by atoms with Gasteiger partial charge in [-0.1, -0.05) is 0 Å². The minimum Gasteiger partial charge on any atom is -0.291 e. The molecule has 0 aliphatic rings. The van der Waals surface area contributed by atoms with E-state index < -0.39 is 115 Å². The van der Waals surface area contributed by atoms with Gasteiger partial charge in [-0.2, -0.15) is 0 Å². The first kappa shape index (κ1) is 32.3. The van der Waals surface area contributed by atoms with Crippen LogP contribution in [0.15, 0.2) is 12.1 Å². The summed E-state index contributed by atoms with van der Waals surface area (Å²) in [6, 6.07) is 2.02. The van der Waals surface area contributed by atoms with Crippen LogP contribution in [0.3, 0.4) is 0 Å². The average Bonchev–Trinajstić information content (AvgIpc) is 2.97. The number of pyridine rings is 1. The SMILES string of the molecule is Cc1cc(C#C[B-](c2c(F)c(F)c(F)c(F)c2F)(c2c(F)c(F)c(F)c(F)c2F)c2c(F)c(F)c(F)c(F)c2F)cc(C)[nH+]1. The van der Waals surface area contributed by atoms with Gasteiger partial charge in [-0.05, 0) is 0 Å². The van der Waals surface area contributed by atoms with E-state index in [0.29, 0.717) is 0 Å². The number of hydrogen-bond donors (Lipinski definition) is 0. The molecule has 1 heterocycles. The lowest BCUT2D eigenvalue weighted by Crippen LogP contribution is -2.72. The van der Waals surface area contributed by atoms with Gasteiger partial charge in [0.25, 0.3) is 0 Å². The van der Waals surface area contributed by atoms with Crippen LogP contribution in [0.2, 0.25) is 0 Å². The third-order valence-electron chi connectivity index (χ3n) is 6.60. The van der Waals surface area contributed by atoms with Crippen molar-refractivity contribution in [2.75, 3.05) is 0 Å². The van der Waals surface area contributed by atoms with Gasteiger partial charge in [0.2, 0.25) is 0 Å². The second-order valence-corrected chi connectivity index (χ2v) is 9.32. The fourth-order valence-electron chi connectivity index (χ4n) is 4.81. The van der Waals surface area contributed by atoms with Gasteiger partial charge in [0.15, 0.2) is 69.9 Å². The molecule has 0 saturated heterocycles. The van der Waals surface area contributed by atoms with Crippen LogP contribution in [0.1, 0.15) is 17.0 Å². The molecule has 17 heteroatoms. The summed E-state index contributed by atoms with van der Waals surface area (Å²) in [7, 11) is 0. The molecule has 4 aromatic rings. The standard InChI is InChI=1S/C27H8BF15N/c1-7-5-9(6-8(2)44-7)3-4-28(10-13(29)19(35)25(41)20(36)14(10)30,11-15(31)21(37)26(42)22(38)16(11)32)12-17(33)23(39)27(43)24(40)18(12)34/h5-6H,1-2H3/q-1/p+1. The highest BCUT2D eigenvalue weighted by molar-refractivity contribution is 7.17. The molecule has 1 aromatic heterocycles. The molecule has 44 heavy (non-hydrogen) atoms. The molecule has 0 atom stereocenters. The highest BCUT2D eigenvalue weighted by atomic mass is 19.2. The Balaban J connectivity index is 2.50. The van der Waals surface area contributed by atoms with Crippen molar-refractivity contribution in [3.05, 3.63) is 116 Å². The smallest absolute Gasteiger partial charge is 0.200 e. The van der Waals surface area contributed by atoms with Crippen molar-refractivity contribution in [3.63, 3.8) is 0 Å². The third kappa shape index (κ3) is 4.63. The van der Waals surface area contributed by atoms with Crippen molar-refractivity contribution in [3.8, 4) is 11.7 Å². The van der Waals surface area contributed by atoms with Crippen LogP contribution in [0, 0.1) is 113 Å². The van der Waals surface area contributed by atoms with E-state index in [1.54, 1.807) is 0 Å². The highest BCUT2D eigenvalue weighted by Crippen LogP contribution is 2.28. The summed E-state index contributed by atoms with van der Waals surface area (Å²) in [6.07, 6.45) is -5.93. The maximum atomic E-state index is 15.4. The average molecular weight is 643 g/mol. The van der Waals surface area contributed by atoms with Gasteiger partial charge in [0.1, 0.15) is 34.9 Å². The molecule has 0 aliphatic carbocycles. The molecule has 0 spiro atoms. The number of nitrogens with one attached hydrogen (secondary N) is 1. The summed E-state index contributed by atoms with van der Waals surface area (Å²) in [6.45, 7) is 2.68. The zero-order chi connectivity index (χ0) is 33.2. The van der Waals surface area contributed by atoms with Crippen LogP contribution in [0.25, 0.3) is 0 Å². The van der Waals surface area contributed by atoms with E-state index in [0.717, 1.165) is 12.1 Å². The molecular weight excluding hydrogens is 634 g/mol. The Kier molecular flexibility index (Phi) is 8.18. The molecule has 1 N–H and O–H groups in total. The number of hydrogen-bond acceptors (Lipinski definition) is 0. The van der Waals surface area contributed by atoms with Crippen molar-refractivity contribution in [2.24, 2.45) is 0 Å². The Morgan fingerprint density at radius 2 is 0.636 bits per heavy atom. The van der Waals surface area contributed by atoms with Gasteiger partial charge in [0.05, 0.1) is 0 Å². The van der Waals surface area contributed by atoms with E-state index in [-0.39, 0.29) is 11.4 Å². The maximum Gasteiger partial charge on any atom is 0.200 e. The molecule has 0 unspecified atom stereocenters. The first-order chi connectivity index (χ1) is 20.4. The fraction of sp³-hybridized carbons (Fsp3) is 0.0741. The maximum absolute atomic E-state index is 15.4. The summed E-state index contributed by atoms with van der Waals surface area (Å²) >= 11 is 0. The summed E-state index contributed by atoms with van der Waals surface area (Å²) in [5.41, 5.74) is -8.45. The van der Waals surface area contributed by atoms with Crippen LogP contribution in [-0.4, -0.2) is 6.15 Å². The molecule has 0 fully saturated rings. The van der Waals surface area contributed by atoms with E-state index in [9.17, 15) is 39.5 Å². The van der Waals surface area contributed by atoms with Crippen LogP contribution < -0.4 is 21.4 Å². The topological polar surface area (TPSA) is 14.1 Å². The van der Waals surface area contributed by atoms with Gasteiger partial charge >= 0.3 is 0 Å². The van der Waals surface area contributed by atoms with Gasteiger partial charge in [-0.25, -0.2) is 70.8 Å². The predicted molar refractivity (Wildman–Crippen MR) is 123 cm³/mol. The number of benzene rings is 3. The fourth-order valence-corrected chi connectivity index (χ4v) is 4.81. The third-order valence-corrected chi connectivity index (χ3v) is 6.60. The quantitative estimate of drug-likeness (QED) is 0.0952. The summed E-state index contributed by atoms with van der Waals surface area (Å²) in [4.78, 5) is 2.68. The first-order valence-corrected chi connectivity index (χ1v) is 11.6. The molecule has 0 radical (unpaired) electrons. The predicted octanol–water partition coefficient (Wildman–Crippen LogP) is 5.27. The van der Waals surface area contributed by atoms with Crippen molar-refractivity contribution in [1.82, 2.24) is 0 Å². The molecule has 3 aromatic carbocycles. The lowest BCUT2D eigenvalue weighted by Gasteiger charge is -2.39. The van der Waals surface area contributed by atoms with Crippen molar-refractivity contribution in [2.45, 2.75) is 13.8 Å². The Morgan fingerprint density at radius 3 is 0.886 bits per heavy atom. The number of aromatic nitrogens is 1. The number of H-pyrrole nitrogens is 1. The minimum atomic E-state index is -5.93. The summed E-state index contributed by atoms with van der Waals surface area (Å²) in [5.74, 6) is -43.0. The second kappa shape index (κ2) is 11.1. The van der Waals surface area contributed by atoms with E-state index in [2.05, 4.69) is 4.98 Å². The zero-order valence-electron chi connectivity index (χ0n) is 21.4. The summed E-state index contributed by atoms with van der Waals surface area (Å²) in [5, 5.41) is 0. The normalized spacial score (nSPS) is 11.6. The lowest BCUT2D eigenvalue weighted by atomic mass is 9.15. The largest absolute Gasteiger partial charge is 0.291 e. The molecular formula is C27H9BF15N. The zero-order valence-corrected chi connectivity index (χ0v) is 21.4. The van der Waals surface area contributed by atoms with Crippen LogP contribution in [0.4, 0.5) is 65.9 Å². The molecule has 1 nitrogen and oxygen atoms in total. The Labute approximate surface area is 235 Å².